The van der Waals surface area contributed by atoms with E-state index >= 15 is 0 Å². The van der Waals surface area contributed by atoms with Gasteiger partial charge in [0, 0.05) is 48.0 Å². The highest BCUT2D eigenvalue weighted by molar-refractivity contribution is 6.56. The molecule has 0 aliphatic carbocycles. The van der Waals surface area contributed by atoms with Crippen molar-refractivity contribution in [1.82, 2.24) is 0 Å². The van der Waals surface area contributed by atoms with Crippen LogP contribution in [0.5, 0.6) is 5.75 Å². The van der Waals surface area contributed by atoms with Crippen molar-refractivity contribution >= 4 is 39.7 Å². The first kappa shape index (κ1) is 44.5. The lowest BCUT2D eigenvalue weighted by molar-refractivity contribution is -0.274. The first-order valence-corrected chi connectivity index (χ1v) is 23.0. The first-order valence-electron chi connectivity index (χ1n) is 18.8. The van der Waals surface area contributed by atoms with Gasteiger partial charge in [0.15, 0.2) is 0 Å². The zero-order valence-electron chi connectivity index (χ0n) is 33.1. The van der Waals surface area contributed by atoms with Gasteiger partial charge >= 0.3 is 18.1 Å². The van der Waals surface area contributed by atoms with Crippen LogP contribution in [0.25, 0.3) is 0 Å². The molecule has 2 aromatic carbocycles. The summed E-state index contributed by atoms with van der Waals surface area (Å²) >= 11 is 0. The van der Waals surface area contributed by atoms with E-state index in [2.05, 4.69) is 46.9 Å². The molecule has 10 nitrogen and oxygen atoms in total. The van der Waals surface area contributed by atoms with E-state index in [9.17, 15) is 0 Å². The molecule has 50 heavy (non-hydrogen) atoms. The predicted molar refractivity (Wildman–Crippen MR) is 208 cm³/mol. The Morgan fingerprint density at radius 2 is 0.800 bits per heavy atom. The Hall–Kier alpha value is -1.63. The largest absolute Gasteiger partial charge is 0.684 e. The molecule has 0 saturated heterocycles. The summed E-state index contributed by atoms with van der Waals surface area (Å²) in [6.07, 6.45) is 2.98. The fraction of sp³-hybridized carbons (Fsp3) is 0.676. The van der Waals surface area contributed by atoms with Crippen LogP contribution in [0.1, 0.15) is 122 Å². The fourth-order valence-corrected chi connectivity index (χ4v) is 11.8. The van der Waals surface area contributed by atoms with Crippen LogP contribution in [-0.4, -0.2) is 70.6 Å². The van der Waals surface area contributed by atoms with E-state index in [1.807, 2.05) is 96.1 Å². The van der Waals surface area contributed by atoms with Crippen molar-refractivity contribution in [2.75, 3.05) is 5.32 Å². The fourth-order valence-electron chi connectivity index (χ4n) is 4.31. The predicted octanol–water partition coefficient (Wildman–Crippen LogP) is 8.58. The molecule has 0 fully saturated rings. The maximum Gasteiger partial charge on any atom is 0.684 e. The molecule has 2 aromatic rings. The van der Waals surface area contributed by atoms with E-state index < -0.39 is 23.7 Å². The summed E-state index contributed by atoms with van der Waals surface area (Å²) in [5.74, 6) is 0.510. The van der Waals surface area contributed by atoms with Gasteiger partial charge in [0.05, 0.1) is 0 Å². The third-order valence-electron chi connectivity index (χ3n) is 8.36. The van der Waals surface area contributed by atoms with Gasteiger partial charge in [0.2, 0.25) is 0 Å². The van der Waals surface area contributed by atoms with Crippen molar-refractivity contribution in [1.29, 1.82) is 0 Å². The Kier molecular flexibility index (Phi) is 19.4. The maximum atomic E-state index is 7.04. The molecule has 0 heterocycles. The molecule has 2 rings (SSSR count). The summed E-state index contributed by atoms with van der Waals surface area (Å²) in [5, 5.41) is 3.42. The normalized spacial score (nSPS) is 19.3. The highest BCUT2D eigenvalue weighted by atomic mass is 28.4. The Morgan fingerprint density at radius 3 is 1.10 bits per heavy atom. The summed E-state index contributed by atoms with van der Waals surface area (Å²) < 4.78 is 61.0. The summed E-state index contributed by atoms with van der Waals surface area (Å²) in [7, 11) is -7.87. The average Bonchev–Trinajstić information content (AvgIpc) is 3.08. The van der Waals surface area contributed by atoms with Crippen molar-refractivity contribution in [2.24, 2.45) is 0 Å². The van der Waals surface area contributed by atoms with E-state index in [0.29, 0.717) is 5.75 Å². The van der Waals surface area contributed by atoms with Gasteiger partial charge in [-0.25, -0.2) is 0 Å². The topological polar surface area (TPSA) is 95.1 Å². The zero-order chi connectivity index (χ0) is 37.4. The van der Waals surface area contributed by atoms with Crippen molar-refractivity contribution < 1.29 is 40.1 Å². The van der Waals surface area contributed by atoms with Crippen LogP contribution in [0.3, 0.4) is 0 Å². The standard InChI is InChI=1S/C37H67NO9Si3/c1-13-28(7)40-49(41-29(8)14-2,42-30(9)15-3)46-37(48,39-36-26-24-35(25-27-36)38-34-22-20-19-21-23-34)47-50(43-31(10)16-4,44-32(11)17-5)45-33(12)18-6/h19-33,38H,13-18H2,1-12,48H3. The van der Waals surface area contributed by atoms with Gasteiger partial charge in [-0.2, -0.15) is 0 Å². The van der Waals surface area contributed by atoms with Crippen molar-refractivity contribution in [3.8, 4) is 5.75 Å². The second-order valence-electron chi connectivity index (χ2n) is 13.2. The number of benzene rings is 2. The van der Waals surface area contributed by atoms with Gasteiger partial charge in [-0.1, -0.05) is 59.7 Å². The molecule has 13 heteroatoms. The third-order valence-corrected chi connectivity index (χ3v) is 15.2. The highest BCUT2D eigenvalue weighted by Gasteiger charge is 2.61. The molecule has 0 bridgehead atoms. The smallest absolute Gasteiger partial charge is 0.445 e. The molecule has 0 aliphatic heterocycles. The van der Waals surface area contributed by atoms with Crippen LogP contribution in [0, 0.1) is 0 Å². The lowest BCUT2D eigenvalue weighted by atomic mass is 10.2. The highest BCUT2D eigenvalue weighted by Crippen LogP contribution is 2.34. The van der Waals surface area contributed by atoms with E-state index in [0.717, 1.165) is 49.9 Å². The van der Waals surface area contributed by atoms with E-state index in [-0.39, 0.29) is 46.9 Å². The Morgan fingerprint density at radius 1 is 0.500 bits per heavy atom. The van der Waals surface area contributed by atoms with E-state index in [4.69, 9.17) is 40.1 Å². The van der Waals surface area contributed by atoms with Crippen molar-refractivity contribution in [3.05, 3.63) is 54.6 Å². The zero-order valence-corrected chi connectivity index (χ0v) is 37.1. The summed E-state index contributed by atoms with van der Waals surface area (Å²) in [4.78, 5) is 0. The monoisotopic (exact) mass is 753 g/mol. The molecule has 0 aromatic heterocycles. The molecular formula is C37H67NO9Si3. The Bertz CT molecular complexity index is 1090. The summed E-state index contributed by atoms with van der Waals surface area (Å²) in [6, 6.07) is 17.6. The minimum atomic E-state index is -4.02. The summed E-state index contributed by atoms with van der Waals surface area (Å²) in [5.41, 5.74) is 0.113. The number of rotatable bonds is 26. The SMILES string of the molecule is CCC(C)O[Si](OC(C)CC)(OC(C)CC)OC([SiH3])(Oc1ccc(Nc2ccccc2)cc1)O[Si](OC(C)CC)(OC(C)CC)OC(C)CC. The molecule has 6 unspecified atom stereocenters. The lowest BCUT2D eigenvalue weighted by Gasteiger charge is -2.44. The molecule has 0 amide bonds. The van der Waals surface area contributed by atoms with Crippen LogP contribution >= 0.6 is 0 Å². The van der Waals surface area contributed by atoms with Crippen LogP contribution < -0.4 is 10.1 Å². The van der Waals surface area contributed by atoms with E-state index in [1.165, 1.54) is 0 Å². The molecule has 0 spiro atoms. The first-order chi connectivity index (χ1) is 23.7. The lowest BCUT2D eigenvalue weighted by Crippen LogP contribution is -2.67. The maximum absolute atomic E-state index is 7.04. The van der Waals surface area contributed by atoms with Crippen LogP contribution in [0.15, 0.2) is 54.6 Å². The number of anilines is 2. The van der Waals surface area contributed by atoms with Gasteiger partial charge < -0.3 is 36.6 Å². The van der Waals surface area contributed by atoms with Gasteiger partial charge in [0.1, 0.15) is 16.0 Å². The van der Waals surface area contributed by atoms with Crippen molar-refractivity contribution in [3.63, 3.8) is 0 Å². The number of hydrogen-bond acceptors (Lipinski definition) is 10. The van der Waals surface area contributed by atoms with Gasteiger partial charge in [-0.05, 0) is 116 Å². The molecule has 0 aliphatic rings. The molecule has 286 valence electrons. The van der Waals surface area contributed by atoms with Crippen LogP contribution in [-0.2, 0) is 35.4 Å². The molecule has 0 radical (unpaired) electrons. The van der Waals surface area contributed by atoms with Gasteiger partial charge in [-0.15, -0.1) is 0 Å². The second-order valence-corrected chi connectivity index (χ2v) is 18.3. The molecular weight excluding hydrogens is 687 g/mol. The Balaban J connectivity index is 2.77. The number of nitrogens with one attached hydrogen (secondary N) is 1. The van der Waals surface area contributed by atoms with Gasteiger partial charge in [-0.3, -0.25) is 8.85 Å². The second kappa shape index (κ2) is 21.8. The minimum absolute atomic E-state index is 0.163. The van der Waals surface area contributed by atoms with Gasteiger partial charge in [0.25, 0.3) is 5.60 Å². The number of para-hydroxylation sites is 1. The molecule has 0 saturated carbocycles. The molecule has 1 N–H and O–H groups in total. The number of hydrogen-bond donors (Lipinski definition) is 1. The summed E-state index contributed by atoms with van der Waals surface area (Å²) in [6.45, 7) is 24.3. The number of ether oxygens (including phenoxy) is 1. The van der Waals surface area contributed by atoms with Crippen LogP contribution in [0.2, 0.25) is 0 Å². The third kappa shape index (κ3) is 15.2. The minimum Gasteiger partial charge on any atom is -0.445 e. The van der Waals surface area contributed by atoms with Crippen molar-refractivity contribution in [2.45, 2.75) is 164 Å². The quantitative estimate of drug-likeness (QED) is 0.0744. The van der Waals surface area contributed by atoms with Crippen LogP contribution in [0.4, 0.5) is 11.4 Å². The molecule has 6 atom stereocenters. The average molecular weight is 754 g/mol. The van der Waals surface area contributed by atoms with E-state index in [1.54, 1.807) is 0 Å². The Labute approximate surface area is 308 Å².